The number of carboxylic acid groups (broad SMARTS) is 1. The number of benzene rings is 1. The summed E-state index contributed by atoms with van der Waals surface area (Å²) >= 11 is 1.45. The molecule has 1 amide bonds. The number of hydrogen-bond acceptors (Lipinski definition) is 4. The van der Waals surface area contributed by atoms with E-state index in [9.17, 15) is 9.59 Å². The zero-order chi connectivity index (χ0) is 13.4. The fourth-order valence-electron chi connectivity index (χ4n) is 1.29. The third-order valence-electron chi connectivity index (χ3n) is 2.28. The van der Waals surface area contributed by atoms with Crippen LogP contribution in [0.5, 0.6) is 5.75 Å². The smallest absolute Gasteiger partial charge is 0.327 e. The van der Waals surface area contributed by atoms with Crippen LogP contribution in [0.2, 0.25) is 0 Å². The van der Waals surface area contributed by atoms with Crippen molar-refractivity contribution in [3.8, 4) is 5.75 Å². The van der Waals surface area contributed by atoms with E-state index in [1.807, 2.05) is 24.3 Å². The number of rotatable bonds is 8. The normalized spacial score (nSPS) is 11.6. The van der Waals surface area contributed by atoms with Crippen molar-refractivity contribution < 1.29 is 19.4 Å². The Hall–Kier alpha value is -1.69. The summed E-state index contributed by atoms with van der Waals surface area (Å²) in [5.41, 5.74) is 1.08. The van der Waals surface area contributed by atoms with Crippen molar-refractivity contribution in [2.24, 2.45) is 0 Å². The fraction of sp³-hybridized carbons (Fsp3) is 0.333. The maximum absolute atomic E-state index is 10.8. The molecule has 18 heavy (non-hydrogen) atoms. The molecule has 0 bridgehead atoms. The summed E-state index contributed by atoms with van der Waals surface area (Å²) in [6.45, 7) is 0. The number of carbonyl (C=O) groups excluding carboxylic acids is 1. The first-order valence-electron chi connectivity index (χ1n) is 5.30. The summed E-state index contributed by atoms with van der Waals surface area (Å²) in [7, 11) is 1.60. The zero-order valence-corrected chi connectivity index (χ0v) is 10.8. The van der Waals surface area contributed by atoms with Crippen molar-refractivity contribution in [1.82, 2.24) is 5.32 Å². The number of thioether (sulfide) groups is 1. The van der Waals surface area contributed by atoms with Crippen LogP contribution in [0.3, 0.4) is 0 Å². The minimum Gasteiger partial charge on any atom is -0.497 e. The van der Waals surface area contributed by atoms with Crippen molar-refractivity contribution in [2.75, 3.05) is 12.9 Å². The summed E-state index contributed by atoms with van der Waals surface area (Å²) in [5, 5.41) is 11.1. The van der Waals surface area contributed by atoms with Crippen molar-refractivity contribution >= 4 is 24.1 Å². The van der Waals surface area contributed by atoms with Crippen LogP contribution in [0.15, 0.2) is 24.3 Å². The van der Waals surface area contributed by atoms with Crippen LogP contribution in [-0.2, 0) is 15.3 Å². The van der Waals surface area contributed by atoms with E-state index in [-0.39, 0.29) is 0 Å². The molecule has 0 heterocycles. The van der Waals surface area contributed by atoms with Crippen molar-refractivity contribution in [3.63, 3.8) is 0 Å². The van der Waals surface area contributed by atoms with Gasteiger partial charge in [-0.2, -0.15) is 11.8 Å². The lowest BCUT2D eigenvalue weighted by Crippen LogP contribution is -2.37. The van der Waals surface area contributed by atoms with Gasteiger partial charge in [0.1, 0.15) is 11.8 Å². The van der Waals surface area contributed by atoms with Crippen LogP contribution < -0.4 is 10.1 Å². The molecular weight excluding hydrogens is 254 g/mol. The highest BCUT2D eigenvalue weighted by atomic mass is 32.2. The maximum Gasteiger partial charge on any atom is 0.327 e. The van der Waals surface area contributed by atoms with Gasteiger partial charge in [-0.3, -0.25) is 4.79 Å². The van der Waals surface area contributed by atoms with Gasteiger partial charge in [-0.1, -0.05) is 12.1 Å². The van der Waals surface area contributed by atoms with Gasteiger partial charge in [0.05, 0.1) is 7.11 Å². The Morgan fingerprint density at radius 1 is 1.50 bits per heavy atom. The van der Waals surface area contributed by atoms with Gasteiger partial charge in [-0.25, -0.2) is 4.79 Å². The number of nitrogens with one attached hydrogen (secondary N) is 1. The van der Waals surface area contributed by atoms with E-state index in [4.69, 9.17) is 9.84 Å². The molecule has 5 nitrogen and oxygen atoms in total. The Morgan fingerprint density at radius 2 is 2.17 bits per heavy atom. The van der Waals surface area contributed by atoms with Gasteiger partial charge in [0.25, 0.3) is 0 Å². The van der Waals surface area contributed by atoms with E-state index >= 15 is 0 Å². The first-order valence-corrected chi connectivity index (χ1v) is 6.46. The van der Waals surface area contributed by atoms with Gasteiger partial charge in [0, 0.05) is 11.5 Å². The van der Waals surface area contributed by atoms with E-state index in [2.05, 4.69) is 5.32 Å². The number of amides is 1. The van der Waals surface area contributed by atoms with Crippen molar-refractivity contribution in [3.05, 3.63) is 29.8 Å². The van der Waals surface area contributed by atoms with Gasteiger partial charge >= 0.3 is 5.97 Å². The monoisotopic (exact) mass is 269 g/mol. The van der Waals surface area contributed by atoms with E-state index in [1.54, 1.807) is 7.11 Å². The number of ether oxygens (including phenoxy) is 1. The van der Waals surface area contributed by atoms with Gasteiger partial charge < -0.3 is 15.2 Å². The first kappa shape index (κ1) is 14.4. The molecule has 0 aliphatic carbocycles. The lowest BCUT2D eigenvalue weighted by molar-refractivity contribution is -0.139. The number of carboxylic acids is 1. The minimum absolute atomic E-state index is 0.333. The Balaban J connectivity index is 2.39. The average Bonchev–Trinajstić information content (AvgIpc) is 2.38. The van der Waals surface area contributed by atoms with E-state index in [0.717, 1.165) is 11.3 Å². The Bertz CT molecular complexity index is 394. The van der Waals surface area contributed by atoms with Gasteiger partial charge in [0.15, 0.2) is 0 Å². The molecule has 0 saturated carbocycles. The molecule has 1 atom stereocenters. The molecule has 0 spiro atoms. The molecule has 0 aliphatic rings. The van der Waals surface area contributed by atoms with E-state index in [0.29, 0.717) is 17.9 Å². The molecule has 98 valence electrons. The van der Waals surface area contributed by atoms with Gasteiger partial charge in [-0.15, -0.1) is 0 Å². The molecular formula is C12H15NO4S. The van der Waals surface area contributed by atoms with Crippen LogP contribution in [0.1, 0.15) is 5.56 Å². The standard InChI is InChI=1S/C12H15NO4S/c1-17-10-4-2-9(3-5-10)6-18-7-11(12(15)16)13-8-14/h2-5,8,11H,6-7H2,1H3,(H,13,14)(H,15,16). The quantitative estimate of drug-likeness (QED) is 0.692. The molecule has 0 radical (unpaired) electrons. The second-order valence-electron chi connectivity index (χ2n) is 3.54. The van der Waals surface area contributed by atoms with Crippen molar-refractivity contribution in [2.45, 2.75) is 11.8 Å². The highest BCUT2D eigenvalue weighted by Crippen LogP contribution is 2.17. The number of methoxy groups -OCH3 is 1. The predicted molar refractivity (Wildman–Crippen MR) is 69.8 cm³/mol. The predicted octanol–water partition coefficient (Wildman–Crippen LogP) is 1.13. The minimum atomic E-state index is -1.02. The average molecular weight is 269 g/mol. The largest absolute Gasteiger partial charge is 0.497 e. The van der Waals surface area contributed by atoms with Crippen LogP contribution >= 0.6 is 11.8 Å². The summed E-state index contributed by atoms with van der Waals surface area (Å²) in [6, 6.07) is 6.72. The summed E-state index contributed by atoms with van der Waals surface area (Å²) < 4.78 is 5.04. The van der Waals surface area contributed by atoms with Gasteiger partial charge in [0.2, 0.25) is 6.41 Å². The molecule has 2 N–H and O–H groups in total. The van der Waals surface area contributed by atoms with E-state index in [1.165, 1.54) is 11.8 Å². The third-order valence-corrected chi connectivity index (χ3v) is 3.39. The van der Waals surface area contributed by atoms with Crippen LogP contribution in [0, 0.1) is 0 Å². The highest BCUT2D eigenvalue weighted by Gasteiger charge is 2.15. The molecule has 1 rings (SSSR count). The first-order chi connectivity index (χ1) is 8.67. The Labute approximate surface area is 110 Å². The van der Waals surface area contributed by atoms with Crippen LogP contribution in [-0.4, -0.2) is 36.4 Å². The number of aliphatic carboxylic acids is 1. The van der Waals surface area contributed by atoms with Crippen LogP contribution in [0.4, 0.5) is 0 Å². The Morgan fingerprint density at radius 3 is 2.67 bits per heavy atom. The second-order valence-corrected chi connectivity index (χ2v) is 4.57. The molecule has 1 aromatic rings. The van der Waals surface area contributed by atoms with E-state index < -0.39 is 12.0 Å². The lowest BCUT2D eigenvalue weighted by Gasteiger charge is -2.10. The highest BCUT2D eigenvalue weighted by molar-refractivity contribution is 7.98. The molecule has 6 heteroatoms. The summed E-state index contributed by atoms with van der Waals surface area (Å²) in [6.07, 6.45) is 0.409. The summed E-state index contributed by atoms with van der Waals surface area (Å²) in [5.74, 6) is 0.785. The van der Waals surface area contributed by atoms with Gasteiger partial charge in [-0.05, 0) is 17.7 Å². The van der Waals surface area contributed by atoms with Crippen LogP contribution in [0.25, 0.3) is 0 Å². The zero-order valence-electron chi connectivity index (χ0n) is 9.96. The maximum atomic E-state index is 10.8. The molecule has 1 aromatic carbocycles. The molecule has 0 aromatic heterocycles. The molecule has 0 aliphatic heterocycles. The molecule has 0 fully saturated rings. The summed E-state index contributed by atoms with van der Waals surface area (Å²) in [4.78, 5) is 21.0. The fourth-order valence-corrected chi connectivity index (χ4v) is 2.31. The number of carbonyl (C=O) groups is 2. The molecule has 1 unspecified atom stereocenters. The Kier molecular flexibility index (Phi) is 6.07. The SMILES string of the molecule is COc1ccc(CSCC(NC=O)C(=O)O)cc1. The topological polar surface area (TPSA) is 75.6 Å². The second kappa shape index (κ2) is 7.60. The number of hydrogen-bond donors (Lipinski definition) is 2. The molecule has 0 saturated heterocycles. The lowest BCUT2D eigenvalue weighted by atomic mass is 10.2. The van der Waals surface area contributed by atoms with Crippen molar-refractivity contribution in [1.29, 1.82) is 0 Å². The third kappa shape index (κ3) is 4.67.